The summed E-state index contributed by atoms with van der Waals surface area (Å²) in [6.07, 6.45) is 1.05. The second-order valence-electron chi connectivity index (χ2n) is 6.03. The van der Waals surface area contributed by atoms with Crippen LogP contribution < -0.4 is 5.14 Å². The second-order valence-corrected chi connectivity index (χ2v) is 8.79. The maximum Gasteiger partial charge on any atom is 0.222 e. The summed E-state index contributed by atoms with van der Waals surface area (Å²) in [7, 11) is -3.52. The Bertz CT molecular complexity index is 619. The number of hydrogen-bond acceptors (Lipinski definition) is 6. The van der Waals surface area contributed by atoms with Crippen LogP contribution >= 0.6 is 11.3 Å². The summed E-state index contributed by atoms with van der Waals surface area (Å²) in [6.45, 7) is 2.86. The van der Waals surface area contributed by atoms with Crippen molar-refractivity contribution in [3.05, 3.63) is 22.4 Å². The van der Waals surface area contributed by atoms with E-state index in [0.29, 0.717) is 19.5 Å². The fraction of sp³-hybridized carbons (Fsp3) is 0.667. The molecular weight excluding hydrogens is 350 g/mol. The molecular formula is C15H25N3O4S2. The summed E-state index contributed by atoms with van der Waals surface area (Å²) in [5.74, 6) is -0.214. The van der Waals surface area contributed by atoms with E-state index in [9.17, 15) is 18.3 Å². The number of piperazine rings is 1. The van der Waals surface area contributed by atoms with Crippen LogP contribution in [0.5, 0.6) is 0 Å². The fourth-order valence-corrected chi connectivity index (χ4v) is 4.21. The maximum atomic E-state index is 12.3. The molecule has 1 aliphatic heterocycles. The Labute approximate surface area is 147 Å². The van der Waals surface area contributed by atoms with Crippen molar-refractivity contribution in [3.8, 4) is 0 Å². The molecule has 0 radical (unpaired) electrons. The molecule has 1 aromatic heterocycles. The van der Waals surface area contributed by atoms with Gasteiger partial charge in [0.1, 0.15) is 0 Å². The van der Waals surface area contributed by atoms with Gasteiger partial charge in [-0.2, -0.15) is 0 Å². The number of aliphatic hydroxyl groups is 1. The quantitative estimate of drug-likeness (QED) is 0.676. The molecule has 9 heteroatoms. The Balaban J connectivity index is 1.87. The Hall–Kier alpha value is -1.00. The zero-order valence-corrected chi connectivity index (χ0v) is 15.3. The van der Waals surface area contributed by atoms with E-state index in [1.807, 2.05) is 11.4 Å². The van der Waals surface area contributed by atoms with Crippen molar-refractivity contribution in [2.24, 2.45) is 5.14 Å². The van der Waals surface area contributed by atoms with Gasteiger partial charge in [0, 0.05) is 50.1 Å². The van der Waals surface area contributed by atoms with Crippen molar-refractivity contribution < 1.29 is 18.3 Å². The van der Waals surface area contributed by atoms with Gasteiger partial charge in [-0.15, -0.1) is 11.3 Å². The molecule has 1 atom stereocenters. The minimum atomic E-state index is -3.52. The van der Waals surface area contributed by atoms with Crippen LogP contribution in [0.4, 0.5) is 0 Å². The monoisotopic (exact) mass is 375 g/mol. The Morgan fingerprint density at radius 3 is 2.83 bits per heavy atom. The minimum absolute atomic E-state index is 0.0441. The lowest BCUT2D eigenvalue weighted by Crippen LogP contribution is -2.54. The van der Waals surface area contributed by atoms with Crippen molar-refractivity contribution in [1.29, 1.82) is 0 Å². The van der Waals surface area contributed by atoms with Crippen molar-refractivity contribution in [1.82, 2.24) is 9.80 Å². The van der Waals surface area contributed by atoms with Crippen LogP contribution in [0.25, 0.3) is 0 Å². The predicted molar refractivity (Wildman–Crippen MR) is 94.0 cm³/mol. The lowest BCUT2D eigenvalue weighted by molar-refractivity contribution is -0.134. The highest BCUT2D eigenvalue weighted by Gasteiger charge is 2.29. The van der Waals surface area contributed by atoms with E-state index >= 15 is 0 Å². The third kappa shape index (κ3) is 6.14. The number of aliphatic hydroxyl groups excluding tert-OH is 1. The smallest absolute Gasteiger partial charge is 0.222 e. The molecule has 0 bridgehead atoms. The molecule has 0 aromatic carbocycles. The van der Waals surface area contributed by atoms with Gasteiger partial charge in [-0.25, -0.2) is 13.6 Å². The van der Waals surface area contributed by atoms with E-state index in [2.05, 4.69) is 11.0 Å². The highest BCUT2D eigenvalue weighted by molar-refractivity contribution is 7.89. The van der Waals surface area contributed by atoms with E-state index < -0.39 is 10.0 Å². The molecule has 1 aliphatic rings. The topological polar surface area (TPSA) is 104 Å². The van der Waals surface area contributed by atoms with Crippen molar-refractivity contribution in [2.45, 2.75) is 31.8 Å². The van der Waals surface area contributed by atoms with Gasteiger partial charge in [0.25, 0.3) is 0 Å². The van der Waals surface area contributed by atoms with Crippen LogP contribution in [0.2, 0.25) is 0 Å². The molecule has 2 rings (SSSR count). The van der Waals surface area contributed by atoms with Gasteiger partial charge in [-0.05, 0) is 24.3 Å². The molecule has 1 fully saturated rings. The normalized spacial score (nSPS) is 19.6. The number of amides is 1. The van der Waals surface area contributed by atoms with E-state index in [1.54, 1.807) is 16.2 Å². The van der Waals surface area contributed by atoms with E-state index in [4.69, 9.17) is 5.14 Å². The van der Waals surface area contributed by atoms with Gasteiger partial charge in [0.05, 0.1) is 5.75 Å². The SMILES string of the molecule is NS(=O)(=O)CCCC(=O)N1CCN(Cc2cccs2)C(CCO)C1. The van der Waals surface area contributed by atoms with Gasteiger partial charge >= 0.3 is 0 Å². The number of primary sulfonamides is 1. The number of nitrogens with zero attached hydrogens (tertiary/aromatic N) is 2. The second kappa shape index (κ2) is 8.91. The molecule has 7 nitrogen and oxygen atoms in total. The summed E-state index contributed by atoms with van der Waals surface area (Å²) in [5.41, 5.74) is 0. The van der Waals surface area contributed by atoms with Gasteiger partial charge in [0.2, 0.25) is 15.9 Å². The third-order valence-corrected chi connectivity index (χ3v) is 5.90. The van der Waals surface area contributed by atoms with Crippen molar-refractivity contribution >= 4 is 27.3 Å². The number of carbonyl (C=O) groups excluding carboxylic acids is 1. The first kappa shape index (κ1) is 19.3. The van der Waals surface area contributed by atoms with Crippen LogP contribution in [0.15, 0.2) is 17.5 Å². The molecule has 24 heavy (non-hydrogen) atoms. The highest BCUT2D eigenvalue weighted by Crippen LogP contribution is 2.19. The van der Waals surface area contributed by atoms with E-state index in [1.165, 1.54) is 4.88 Å². The molecule has 0 aliphatic carbocycles. The molecule has 1 aromatic rings. The Morgan fingerprint density at radius 2 is 2.21 bits per heavy atom. The molecule has 136 valence electrons. The average Bonchev–Trinajstić information content (AvgIpc) is 3.01. The van der Waals surface area contributed by atoms with Gasteiger partial charge in [-0.3, -0.25) is 9.69 Å². The first-order valence-corrected chi connectivity index (χ1v) is 10.6. The largest absolute Gasteiger partial charge is 0.396 e. The molecule has 1 saturated heterocycles. The molecule has 0 saturated carbocycles. The standard InChI is InChI=1S/C15H25N3O4S2/c16-24(21,22)10-2-4-15(20)18-7-6-17(13(11-18)5-8-19)12-14-3-1-9-23-14/h1,3,9,13,19H,2,4-8,10-12H2,(H2,16,21,22). The third-order valence-electron chi connectivity index (χ3n) is 4.18. The summed E-state index contributed by atoms with van der Waals surface area (Å²) in [5, 5.41) is 16.3. The predicted octanol–water partition coefficient (Wildman–Crippen LogP) is 0.212. The van der Waals surface area contributed by atoms with Crippen LogP contribution in [0.1, 0.15) is 24.1 Å². The summed E-state index contributed by atoms with van der Waals surface area (Å²) in [4.78, 5) is 17.6. The summed E-state index contributed by atoms with van der Waals surface area (Å²) in [6, 6.07) is 4.23. The first-order valence-electron chi connectivity index (χ1n) is 8.04. The zero-order chi connectivity index (χ0) is 17.6. The molecule has 0 spiro atoms. The highest BCUT2D eigenvalue weighted by atomic mass is 32.2. The number of thiophene rings is 1. The van der Waals surface area contributed by atoms with Crippen LogP contribution in [-0.4, -0.2) is 67.3 Å². The van der Waals surface area contributed by atoms with Crippen LogP contribution in [-0.2, 0) is 21.4 Å². The van der Waals surface area contributed by atoms with Crippen LogP contribution in [0, 0.1) is 0 Å². The van der Waals surface area contributed by atoms with E-state index in [-0.39, 0.29) is 37.2 Å². The number of hydrogen-bond donors (Lipinski definition) is 2. The number of sulfonamides is 1. The fourth-order valence-electron chi connectivity index (χ4n) is 2.94. The summed E-state index contributed by atoms with van der Waals surface area (Å²) < 4.78 is 21.9. The molecule has 1 unspecified atom stereocenters. The van der Waals surface area contributed by atoms with Crippen LogP contribution in [0.3, 0.4) is 0 Å². The zero-order valence-electron chi connectivity index (χ0n) is 13.6. The average molecular weight is 376 g/mol. The van der Waals surface area contributed by atoms with Crippen molar-refractivity contribution in [3.63, 3.8) is 0 Å². The van der Waals surface area contributed by atoms with Gasteiger partial charge < -0.3 is 10.0 Å². The molecule has 2 heterocycles. The minimum Gasteiger partial charge on any atom is -0.396 e. The first-order chi connectivity index (χ1) is 11.4. The van der Waals surface area contributed by atoms with Gasteiger partial charge in [-0.1, -0.05) is 6.07 Å². The van der Waals surface area contributed by atoms with Gasteiger partial charge in [0.15, 0.2) is 0 Å². The number of carbonyl (C=O) groups is 1. The maximum absolute atomic E-state index is 12.3. The summed E-state index contributed by atoms with van der Waals surface area (Å²) >= 11 is 1.70. The molecule has 3 N–H and O–H groups in total. The Morgan fingerprint density at radius 1 is 1.42 bits per heavy atom. The van der Waals surface area contributed by atoms with E-state index in [0.717, 1.165) is 13.1 Å². The lowest BCUT2D eigenvalue weighted by atomic mass is 10.1. The van der Waals surface area contributed by atoms with Crippen molar-refractivity contribution in [2.75, 3.05) is 32.0 Å². The molecule has 1 amide bonds. The number of rotatable bonds is 8. The lowest BCUT2D eigenvalue weighted by Gasteiger charge is -2.41. The Kier molecular flexibility index (Phi) is 7.17. The number of nitrogens with two attached hydrogens (primary N) is 1.